The van der Waals surface area contributed by atoms with Gasteiger partial charge in [0.2, 0.25) is 0 Å². The number of aliphatic imine (C=N–C) groups is 1. The van der Waals surface area contributed by atoms with E-state index in [4.69, 9.17) is 5.73 Å². The van der Waals surface area contributed by atoms with E-state index in [9.17, 15) is 9.90 Å². The van der Waals surface area contributed by atoms with Gasteiger partial charge in [-0.05, 0) is 28.8 Å². The Balaban J connectivity index is 1.79. The summed E-state index contributed by atoms with van der Waals surface area (Å²) in [4.78, 5) is 19.7. The lowest BCUT2D eigenvalue weighted by atomic mass is 9.83. The van der Waals surface area contributed by atoms with Crippen LogP contribution in [0, 0.1) is 0 Å². The van der Waals surface area contributed by atoms with Crippen LogP contribution in [0.2, 0.25) is 0 Å². The van der Waals surface area contributed by atoms with Crippen molar-refractivity contribution in [1.82, 2.24) is 4.90 Å². The van der Waals surface area contributed by atoms with Gasteiger partial charge in [-0.15, -0.1) is 0 Å². The van der Waals surface area contributed by atoms with Crippen molar-refractivity contribution >= 4 is 11.9 Å². The molecule has 0 fully saturated rings. The highest BCUT2D eigenvalue weighted by molar-refractivity contribution is 6.09. The van der Waals surface area contributed by atoms with Gasteiger partial charge in [0.05, 0.1) is 6.54 Å². The fourth-order valence-electron chi connectivity index (χ4n) is 3.42. The lowest BCUT2D eigenvalue weighted by Gasteiger charge is -2.27. The first kappa shape index (κ1) is 16.8. The molecule has 1 amide bonds. The first-order chi connectivity index (χ1) is 13.1. The van der Waals surface area contributed by atoms with Crippen LogP contribution in [0.5, 0.6) is 5.75 Å². The summed E-state index contributed by atoms with van der Waals surface area (Å²) in [7, 11) is 0. The predicted molar refractivity (Wildman–Crippen MR) is 104 cm³/mol. The molecule has 3 aromatic rings. The molecular weight excluding hydrogens is 338 g/mol. The van der Waals surface area contributed by atoms with Gasteiger partial charge in [-0.2, -0.15) is 0 Å². The Kier molecular flexibility index (Phi) is 4.12. The normalized spacial score (nSPS) is 15.6. The second-order valence-electron chi connectivity index (χ2n) is 6.47. The Morgan fingerprint density at radius 2 is 1.37 bits per heavy atom. The number of benzene rings is 3. The number of carbonyl (C=O) groups excluding carboxylic acids is 1. The van der Waals surface area contributed by atoms with Gasteiger partial charge in [0.1, 0.15) is 5.75 Å². The van der Waals surface area contributed by atoms with Gasteiger partial charge in [0, 0.05) is 0 Å². The third kappa shape index (κ3) is 2.83. The van der Waals surface area contributed by atoms with Crippen molar-refractivity contribution in [1.29, 1.82) is 0 Å². The molecule has 5 heteroatoms. The van der Waals surface area contributed by atoms with Crippen LogP contribution in [0.15, 0.2) is 89.9 Å². The van der Waals surface area contributed by atoms with Gasteiger partial charge in [0.25, 0.3) is 5.91 Å². The van der Waals surface area contributed by atoms with Gasteiger partial charge in [-0.3, -0.25) is 9.69 Å². The third-order valence-corrected chi connectivity index (χ3v) is 4.77. The molecule has 134 valence electrons. The first-order valence-corrected chi connectivity index (χ1v) is 8.67. The van der Waals surface area contributed by atoms with Crippen molar-refractivity contribution in [3.8, 4) is 5.75 Å². The summed E-state index contributed by atoms with van der Waals surface area (Å²) in [6, 6.07) is 25.7. The number of guanidine groups is 1. The summed E-state index contributed by atoms with van der Waals surface area (Å²) in [5.74, 6) is 0.169. The number of hydrogen-bond donors (Lipinski definition) is 2. The van der Waals surface area contributed by atoms with Gasteiger partial charge in [0.15, 0.2) is 11.5 Å². The lowest BCUT2D eigenvalue weighted by molar-refractivity contribution is -0.130. The maximum atomic E-state index is 13.6. The van der Waals surface area contributed by atoms with Crippen LogP contribution in [0.25, 0.3) is 0 Å². The molecule has 1 aliphatic rings. The molecule has 1 aliphatic heterocycles. The molecule has 0 unspecified atom stereocenters. The average molecular weight is 357 g/mol. The summed E-state index contributed by atoms with van der Waals surface area (Å²) in [5, 5.41) is 9.47. The number of aromatic hydroxyl groups is 1. The lowest BCUT2D eigenvalue weighted by Crippen LogP contribution is -2.43. The maximum absolute atomic E-state index is 13.6. The molecule has 0 spiro atoms. The number of hydrogen-bond acceptors (Lipinski definition) is 4. The number of carbonyl (C=O) groups is 1. The van der Waals surface area contributed by atoms with Crippen molar-refractivity contribution in [3.05, 3.63) is 102 Å². The Bertz CT molecular complexity index is 944. The molecule has 0 aliphatic carbocycles. The maximum Gasteiger partial charge on any atom is 0.266 e. The standard InChI is InChI=1S/C22H19N3O2/c23-21-24-22(17-7-3-1-4-8-17,18-9-5-2-6-10-18)20(27)25(21)15-16-11-13-19(26)14-12-16/h1-14,26H,15H2,(H2,23,24). The van der Waals surface area contributed by atoms with Crippen molar-refractivity contribution < 1.29 is 9.90 Å². The van der Waals surface area contributed by atoms with E-state index in [1.165, 1.54) is 4.90 Å². The van der Waals surface area contributed by atoms with Crippen LogP contribution in [-0.2, 0) is 16.9 Å². The van der Waals surface area contributed by atoms with Crippen LogP contribution >= 0.6 is 0 Å². The Hall–Kier alpha value is -3.60. The van der Waals surface area contributed by atoms with Gasteiger partial charge >= 0.3 is 0 Å². The number of phenols is 1. The smallest absolute Gasteiger partial charge is 0.266 e. The summed E-state index contributed by atoms with van der Waals surface area (Å²) in [5.41, 5.74) is 7.42. The molecule has 0 saturated carbocycles. The zero-order chi connectivity index (χ0) is 18.9. The van der Waals surface area contributed by atoms with Crippen molar-refractivity contribution in [2.75, 3.05) is 0 Å². The molecular formula is C22H19N3O2. The highest BCUT2D eigenvalue weighted by Crippen LogP contribution is 2.39. The first-order valence-electron chi connectivity index (χ1n) is 8.67. The topological polar surface area (TPSA) is 78.9 Å². The van der Waals surface area contributed by atoms with E-state index in [1.54, 1.807) is 24.3 Å². The van der Waals surface area contributed by atoms with Crippen LogP contribution < -0.4 is 5.73 Å². The largest absolute Gasteiger partial charge is 0.508 e. The van der Waals surface area contributed by atoms with E-state index in [-0.39, 0.29) is 24.2 Å². The second kappa shape index (κ2) is 6.61. The van der Waals surface area contributed by atoms with Crippen molar-refractivity contribution in [2.45, 2.75) is 12.1 Å². The fourth-order valence-corrected chi connectivity index (χ4v) is 3.42. The van der Waals surface area contributed by atoms with E-state index in [0.717, 1.165) is 16.7 Å². The summed E-state index contributed by atoms with van der Waals surface area (Å²) in [6.45, 7) is 0.288. The minimum atomic E-state index is -1.19. The molecule has 4 rings (SSSR count). The number of rotatable bonds is 4. The van der Waals surface area contributed by atoms with Crippen molar-refractivity contribution in [3.63, 3.8) is 0 Å². The molecule has 0 radical (unpaired) electrons. The van der Waals surface area contributed by atoms with E-state index in [2.05, 4.69) is 4.99 Å². The minimum Gasteiger partial charge on any atom is -0.508 e. The van der Waals surface area contributed by atoms with Gasteiger partial charge in [-0.1, -0.05) is 72.8 Å². The number of phenolic OH excluding ortho intramolecular Hbond substituents is 1. The fraction of sp³-hybridized carbons (Fsp3) is 0.0909. The summed E-state index contributed by atoms with van der Waals surface area (Å²) < 4.78 is 0. The summed E-state index contributed by atoms with van der Waals surface area (Å²) >= 11 is 0. The van der Waals surface area contributed by atoms with Gasteiger partial charge in [-0.25, -0.2) is 4.99 Å². The minimum absolute atomic E-state index is 0.177. The van der Waals surface area contributed by atoms with Crippen LogP contribution in [-0.4, -0.2) is 21.9 Å². The van der Waals surface area contributed by atoms with Crippen LogP contribution in [0.4, 0.5) is 0 Å². The monoisotopic (exact) mass is 357 g/mol. The number of amides is 1. The molecule has 3 aromatic carbocycles. The molecule has 0 aromatic heterocycles. The van der Waals surface area contributed by atoms with E-state index < -0.39 is 5.54 Å². The Morgan fingerprint density at radius 1 is 0.852 bits per heavy atom. The zero-order valence-electron chi connectivity index (χ0n) is 14.6. The van der Waals surface area contributed by atoms with Crippen LogP contribution in [0.1, 0.15) is 16.7 Å². The zero-order valence-corrected chi connectivity index (χ0v) is 14.6. The summed E-state index contributed by atoms with van der Waals surface area (Å²) in [6.07, 6.45) is 0. The van der Waals surface area contributed by atoms with E-state index in [1.807, 2.05) is 60.7 Å². The van der Waals surface area contributed by atoms with Crippen LogP contribution in [0.3, 0.4) is 0 Å². The molecule has 5 nitrogen and oxygen atoms in total. The molecule has 27 heavy (non-hydrogen) atoms. The predicted octanol–water partition coefficient (Wildman–Crippen LogP) is 2.99. The van der Waals surface area contributed by atoms with E-state index >= 15 is 0 Å². The average Bonchev–Trinajstić information content (AvgIpc) is 2.96. The highest BCUT2D eigenvalue weighted by Gasteiger charge is 2.50. The quantitative estimate of drug-likeness (QED) is 0.753. The Labute approximate surface area is 157 Å². The van der Waals surface area contributed by atoms with Crippen molar-refractivity contribution in [2.24, 2.45) is 10.7 Å². The highest BCUT2D eigenvalue weighted by atomic mass is 16.3. The molecule has 1 heterocycles. The number of nitrogens with two attached hydrogens (primary N) is 1. The molecule has 0 saturated heterocycles. The van der Waals surface area contributed by atoms with Gasteiger partial charge < -0.3 is 10.8 Å². The number of nitrogens with zero attached hydrogens (tertiary/aromatic N) is 2. The van der Waals surface area contributed by atoms with E-state index in [0.29, 0.717) is 0 Å². The molecule has 0 bridgehead atoms. The second-order valence-corrected chi connectivity index (χ2v) is 6.47. The SMILES string of the molecule is NC1=NC(c2ccccc2)(c2ccccc2)C(=O)N1Cc1ccc(O)cc1. The molecule has 0 atom stereocenters. The molecule has 3 N–H and O–H groups in total. The third-order valence-electron chi connectivity index (χ3n) is 4.77. The Morgan fingerprint density at radius 3 is 1.89 bits per heavy atom.